The summed E-state index contributed by atoms with van der Waals surface area (Å²) >= 11 is 0. The van der Waals surface area contributed by atoms with Crippen molar-refractivity contribution in [1.82, 2.24) is 9.78 Å². The maximum Gasteiger partial charge on any atom is 0.305 e. The van der Waals surface area contributed by atoms with E-state index in [2.05, 4.69) is 5.10 Å². The third kappa shape index (κ3) is 4.39. The standard InChI is InChI=1S/C15H17FN2O3/c1-18-10-12(9-17-18)13-8-11(2-3-14(13)16)4-6-21-7-5-15(19)20/h2-3,8-10H,4-7H2,1H3,(H,19,20). The number of aliphatic carboxylic acids is 1. The van der Waals surface area contributed by atoms with Crippen LogP contribution in [0.4, 0.5) is 4.39 Å². The molecular formula is C15H17FN2O3. The molecule has 0 aliphatic carbocycles. The topological polar surface area (TPSA) is 64.3 Å². The normalized spacial score (nSPS) is 10.8. The smallest absolute Gasteiger partial charge is 0.305 e. The molecule has 5 nitrogen and oxygen atoms in total. The predicted molar refractivity (Wildman–Crippen MR) is 75.4 cm³/mol. The minimum Gasteiger partial charge on any atom is -0.481 e. The van der Waals surface area contributed by atoms with Crippen molar-refractivity contribution in [2.75, 3.05) is 13.2 Å². The van der Waals surface area contributed by atoms with E-state index >= 15 is 0 Å². The third-order valence-corrected chi connectivity index (χ3v) is 3.04. The van der Waals surface area contributed by atoms with Crippen molar-refractivity contribution in [1.29, 1.82) is 0 Å². The second-order valence-corrected chi connectivity index (χ2v) is 4.72. The molecule has 0 spiro atoms. The Morgan fingerprint density at radius 1 is 1.43 bits per heavy atom. The number of benzene rings is 1. The Morgan fingerprint density at radius 2 is 2.24 bits per heavy atom. The molecule has 0 aliphatic heterocycles. The first kappa shape index (κ1) is 15.2. The van der Waals surface area contributed by atoms with Gasteiger partial charge in [0.05, 0.1) is 25.8 Å². The molecule has 21 heavy (non-hydrogen) atoms. The molecule has 1 aromatic carbocycles. The van der Waals surface area contributed by atoms with Gasteiger partial charge in [-0.2, -0.15) is 5.10 Å². The van der Waals surface area contributed by atoms with Crippen molar-refractivity contribution < 1.29 is 19.0 Å². The number of hydrogen-bond acceptors (Lipinski definition) is 3. The van der Waals surface area contributed by atoms with E-state index in [0.29, 0.717) is 18.6 Å². The average molecular weight is 292 g/mol. The number of aromatic nitrogens is 2. The van der Waals surface area contributed by atoms with Crippen LogP contribution in [0.1, 0.15) is 12.0 Å². The zero-order valence-corrected chi connectivity index (χ0v) is 11.8. The summed E-state index contributed by atoms with van der Waals surface area (Å²) < 4.78 is 20.7. The molecule has 0 aliphatic rings. The minimum absolute atomic E-state index is 0.00957. The quantitative estimate of drug-likeness (QED) is 0.795. The number of rotatable bonds is 7. The van der Waals surface area contributed by atoms with Crippen molar-refractivity contribution >= 4 is 5.97 Å². The summed E-state index contributed by atoms with van der Waals surface area (Å²) in [6, 6.07) is 4.90. The van der Waals surface area contributed by atoms with Crippen LogP contribution in [-0.2, 0) is 23.0 Å². The Labute approximate surface area is 122 Å². The van der Waals surface area contributed by atoms with Gasteiger partial charge in [-0.1, -0.05) is 6.07 Å². The van der Waals surface area contributed by atoms with E-state index in [4.69, 9.17) is 9.84 Å². The highest BCUT2D eigenvalue weighted by atomic mass is 19.1. The number of carboxylic acids is 1. The van der Waals surface area contributed by atoms with Gasteiger partial charge in [0.1, 0.15) is 5.82 Å². The summed E-state index contributed by atoms with van der Waals surface area (Å²) in [6.45, 7) is 0.595. The van der Waals surface area contributed by atoms with Gasteiger partial charge in [0, 0.05) is 24.4 Å². The fourth-order valence-corrected chi connectivity index (χ4v) is 1.96. The van der Waals surface area contributed by atoms with Gasteiger partial charge in [-0.25, -0.2) is 4.39 Å². The number of nitrogens with zero attached hydrogens (tertiary/aromatic N) is 2. The van der Waals surface area contributed by atoms with Crippen LogP contribution >= 0.6 is 0 Å². The molecule has 1 aromatic heterocycles. The van der Waals surface area contributed by atoms with Crippen LogP contribution in [0.2, 0.25) is 0 Å². The summed E-state index contributed by atoms with van der Waals surface area (Å²) in [4.78, 5) is 10.3. The maximum absolute atomic E-state index is 13.9. The number of hydrogen-bond donors (Lipinski definition) is 1. The van der Waals surface area contributed by atoms with Gasteiger partial charge in [0.2, 0.25) is 0 Å². The number of aryl methyl sites for hydroxylation is 1. The van der Waals surface area contributed by atoms with Crippen molar-refractivity contribution in [2.45, 2.75) is 12.8 Å². The number of carbonyl (C=O) groups is 1. The molecule has 6 heteroatoms. The van der Waals surface area contributed by atoms with Crippen LogP contribution in [0.15, 0.2) is 30.6 Å². The molecule has 2 rings (SSSR count). The van der Waals surface area contributed by atoms with Crippen molar-refractivity contribution in [3.63, 3.8) is 0 Å². The zero-order valence-electron chi connectivity index (χ0n) is 11.8. The van der Waals surface area contributed by atoms with E-state index < -0.39 is 5.97 Å². The van der Waals surface area contributed by atoms with E-state index in [9.17, 15) is 9.18 Å². The average Bonchev–Trinajstić information content (AvgIpc) is 2.86. The summed E-state index contributed by atoms with van der Waals surface area (Å²) in [5, 5.41) is 12.5. The van der Waals surface area contributed by atoms with Crippen LogP contribution in [0.5, 0.6) is 0 Å². The Morgan fingerprint density at radius 3 is 2.90 bits per heavy atom. The number of carboxylic acid groups (broad SMARTS) is 1. The van der Waals surface area contributed by atoms with Gasteiger partial charge in [0.15, 0.2) is 0 Å². The lowest BCUT2D eigenvalue weighted by atomic mass is 10.0. The lowest BCUT2D eigenvalue weighted by molar-refractivity contribution is -0.138. The monoisotopic (exact) mass is 292 g/mol. The summed E-state index contributed by atoms with van der Waals surface area (Å²) in [6.07, 6.45) is 3.97. The molecule has 0 saturated carbocycles. The highest BCUT2D eigenvalue weighted by Gasteiger charge is 2.08. The summed E-state index contributed by atoms with van der Waals surface area (Å²) in [5.74, 6) is -1.17. The summed E-state index contributed by atoms with van der Waals surface area (Å²) in [5.41, 5.74) is 2.17. The maximum atomic E-state index is 13.9. The Balaban J connectivity index is 1.97. The Bertz CT molecular complexity index is 625. The molecule has 0 unspecified atom stereocenters. The molecule has 2 aromatic rings. The van der Waals surface area contributed by atoms with E-state index in [1.165, 1.54) is 6.07 Å². The molecule has 0 saturated heterocycles. The molecule has 0 radical (unpaired) electrons. The minimum atomic E-state index is -0.879. The lowest BCUT2D eigenvalue weighted by Crippen LogP contribution is -2.05. The number of ether oxygens (including phenoxy) is 1. The Hall–Kier alpha value is -2.21. The first-order valence-electron chi connectivity index (χ1n) is 6.63. The van der Waals surface area contributed by atoms with E-state index in [-0.39, 0.29) is 18.8 Å². The van der Waals surface area contributed by atoms with Gasteiger partial charge >= 0.3 is 5.97 Å². The van der Waals surface area contributed by atoms with Crippen LogP contribution in [0.3, 0.4) is 0 Å². The zero-order chi connectivity index (χ0) is 15.2. The third-order valence-electron chi connectivity index (χ3n) is 3.04. The SMILES string of the molecule is Cn1cc(-c2cc(CCOCCC(=O)O)ccc2F)cn1. The van der Waals surface area contributed by atoms with Gasteiger partial charge in [0.25, 0.3) is 0 Å². The highest BCUT2D eigenvalue weighted by Crippen LogP contribution is 2.23. The van der Waals surface area contributed by atoms with Crippen molar-refractivity contribution in [2.24, 2.45) is 7.05 Å². The lowest BCUT2D eigenvalue weighted by Gasteiger charge is -2.06. The number of halogens is 1. The van der Waals surface area contributed by atoms with E-state index in [1.807, 2.05) is 0 Å². The highest BCUT2D eigenvalue weighted by molar-refractivity contribution is 5.66. The van der Waals surface area contributed by atoms with Crippen LogP contribution in [0.25, 0.3) is 11.1 Å². The van der Waals surface area contributed by atoms with Crippen LogP contribution < -0.4 is 0 Å². The molecule has 0 amide bonds. The van der Waals surface area contributed by atoms with Gasteiger partial charge in [-0.3, -0.25) is 9.48 Å². The molecule has 1 N–H and O–H groups in total. The van der Waals surface area contributed by atoms with E-state index in [1.54, 1.807) is 36.3 Å². The fourth-order valence-electron chi connectivity index (χ4n) is 1.96. The van der Waals surface area contributed by atoms with Crippen LogP contribution in [0, 0.1) is 5.82 Å². The van der Waals surface area contributed by atoms with Crippen molar-refractivity contribution in [3.8, 4) is 11.1 Å². The van der Waals surface area contributed by atoms with Crippen LogP contribution in [-0.4, -0.2) is 34.1 Å². The Kier molecular flexibility index (Phi) is 5.05. The van der Waals surface area contributed by atoms with Gasteiger partial charge in [-0.05, 0) is 24.1 Å². The van der Waals surface area contributed by atoms with E-state index in [0.717, 1.165) is 11.1 Å². The molecule has 0 fully saturated rings. The first-order valence-corrected chi connectivity index (χ1v) is 6.63. The first-order chi connectivity index (χ1) is 10.1. The molecular weight excluding hydrogens is 275 g/mol. The second-order valence-electron chi connectivity index (χ2n) is 4.72. The fraction of sp³-hybridized carbons (Fsp3) is 0.333. The van der Waals surface area contributed by atoms with Crippen molar-refractivity contribution in [3.05, 3.63) is 42.0 Å². The van der Waals surface area contributed by atoms with Gasteiger partial charge < -0.3 is 9.84 Å². The largest absolute Gasteiger partial charge is 0.481 e. The predicted octanol–water partition coefficient (Wildman–Crippen LogP) is 2.26. The molecule has 112 valence electrons. The molecule has 0 atom stereocenters. The summed E-state index contributed by atoms with van der Waals surface area (Å²) in [7, 11) is 1.78. The molecule has 0 bridgehead atoms. The van der Waals surface area contributed by atoms with Gasteiger partial charge in [-0.15, -0.1) is 0 Å². The second kappa shape index (κ2) is 6.99. The molecule has 1 heterocycles.